The second-order valence-corrected chi connectivity index (χ2v) is 9.76. The molecule has 0 saturated heterocycles. The van der Waals surface area contributed by atoms with Crippen molar-refractivity contribution in [1.29, 1.82) is 0 Å². The Labute approximate surface area is 210 Å². The molecule has 0 radical (unpaired) electrons. The number of carbonyl (C=O) groups excluding carboxylic acids is 2. The Hall–Kier alpha value is -3.77. The van der Waals surface area contributed by atoms with Crippen LogP contribution in [-0.4, -0.2) is 16.8 Å². The zero-order valence-electron chi connectivity index (χ0n) is 20.4. The second kappa shape index (κ2) is 10.7. The number of nitrogens with one attached hydrogen (secondary N) is 2. The lowest BCUT2D eigenvalue weighted by Gasteiger charge is -2.12. The molecule has 0 unspecified atom stereocenters. The number of nitrogens with zero attached hydrogens (tertiary/aromatic N) is 1. The highest BCUT2D eigenvalue weighted by Crippen LogP contribution is 2.27. The zero-order chi connectivity index (χ0) is 24.9. The summed E-state index contributed by atoms with van der Waals surface area (Å²) in [6.07, 6.45) is 1.61. The molecule has 0 aliphatic carbocycles. The predicted molar refractivity (Wildman–Crippen MR) is 144 cm³/mol. The van der Waals surface area contributed by atoms with E-state index in [1.54, 1.807) is 6.92 Å². The molecule has 5 nitrogen and oxygen atoms in total. The van der Waals surface area contributed by atoms with Crippen molar-refractivity contribution in [2.75, 3.05) is 10.6 Å². The van der Waals surface area contributed by atoms with E-state index in [1.807, 2.05) is 75.4 Å². The van der Waals surface area contributed by atoms with Crippen molar-refractivity contribution in [3.05, 3.63) is 111 Å². The lowest BCUT2D eigenvalue weighted by atomic mass is 9.99. The number of aromatic nitrogens is 1. The van der Waals surface area contributed by atoms with E-state index in [1.165, 1.54) is 16.9 Å². The van der Waals surface area contributed by atoms with E-state index in [9.17, 15) is 9.59 Å². The van der Waals surface area contributed by atoms with E-state index in [0.717, 1.165) is 40.8 Å². The fraction of sp³-hybridized carbons (Fsp3) is 0.207. The molecule has 0 atom stereocenters. The van der Waals surface area contributed by atoms with Crippen molar-refractivity contribution in [2.24, 2.45) is 0 Å². The van der Waals surface area contributed by atoms with Crippen LogP contribution in [0.25, 0.3) is 0 Å². The fourth-order valence-electron chi connectivity index (χ4n) is 4.26. The summed E-state index contributed by atoms with van der Waals surface area (Å²) in [5, 5.41) is 6.33. The van der Waals surface area contributed by atoms with Gasteiger partial charge in [-0.25, -0.2) is 4.98 Å². The summed E-state index contributed by atoms with van der Waals surface area (Å²) in [5.41, 5.74) is 7.40. The molecular weight excluding hydrogens is 454 g/mol. The summed E-state index contributed by atoms with van der Waals surface area (Å²) in [4.78, 5) is 31.0. The van der Waals surface area contributed by atoms with Gasteiger partial charge in [-0.2, -0.15) is 0 Å². The summed E-state index contributed by atoms with van der Waals surface area (Å²) < 4.78 is 0. The van der Waals surface area contributed by atoms with E-state index in [2.05, 4.69) is 27.8 Å². The first-order valence-corrected chi connectivity index (χ1v) is 12.4. The van der Waals surface area contributed by atoms with Crippen LogP contribution < -0.4 is 10.6 Å². The van der Waals surface area contributed by atoms with Gasteiger partial charge in [0.15, 0.2) is 5.13 Å². The van der Waals surface area contributed by atoms with Gasteiger partial charge >= 0.3 is 0 Å². The molecule has 1 aromatic heterocycles. The van der Waals surface area contributed by atoms with Crippen LogP contribution >= 0.6 is 11.3 Å². The molecule has 6 heteroatoms. The van der Waals surface area contributed by atoms with Crippen molar-refractivity contribution in [2.45, 2.75) is 40.5 Å². The summed E-state index contributed by atoms with van der Waals surface area (Å²) in [7, 11) is 0. The van der Waals surface area contributed by atoms with Gasteiger partial charge in [-0.15, -0.1) is 0 Å². The standard InChI is InChI=1S/C29H29N3O2S/c1-18-16-19(2)25(20(3)17-18)31-28(34)26-21(4)30-29(35-26)32-27(33)24-13-9-8-12-23(24)15-14-22-10-6-5-7-11-22/h5-13,16-17H,14-15H2,1-4H3,(H,31,34)(H,30,32,33). The third kappa shape index (κ3) is 5.84. The minimum atomic E-state index is -0.223. The van der Waals surface area contributed by atoms with E-state index in [-0.39, 0.29) is 11.8 Å². The SMILES string of the molecule is Cc1cc(C)c(NC(=O)c2sc(NC(=O)c3ccccc3CCc3ccccc3)nc2C)c(C)c1. The molecule has 2 N–H and O–H groups in total. The smallest absolute Gasteiger partial charge is 0.267 e. The molecule has 4 rings (SSSR count). The molecule has 178 valence electrons. The number of hydrogen-bond donors (Lipinski definition) is 2. The molecule has 35 heavy (non-hydrogen) atoms. The van der Waals surface area contributed by atoms with Crippen molar-refractivity contribution in [3.63, 3.8) is 0 Å². The van der Waals surface area contributed by atoms with Gasteiger partial charge in [0.2, 0.25) is 0 Å². The van der Waals surface area contributed by atoms with Crippen LogP contribution in [0.1, 0.15) is 53.5 Å². The number of carbonyl (C=O) groups is 2. The number of rotatable bonds is 7. The fourth-order valence-corrected chi connectivity index (χ4v) is 5.11. The first kappa shape index (κ1) is 24.4. The maximum absolute atomic E-state index is 13.1. The molecule has 0 aliphatic rings. The van der Waals surface area contributed by atoms with Crippen molar-refractivity contribution in [1.82, 2.24) is 4.98 Å². The van der Waals surface area contributed by atoms with Crippen LogP contribution in [0, 0.1) is 27.7 Å². The molecule has 1 heterocycles. The maximum Gasteiger partial charge on any atom is 0.267 e. The van der Waals surface area contributed by atoms with Crippen LogP contribution in [0.5, 0.6) is 0 Å². The molecule has 0 saturated carbocycles. The van der Waals surface area contributed by atoms with Gasteiger partial charge in [0.25, 0.3) is 11.8 Å². The Kier molecular flexibility index (Phi) is 7.42. The minimum absolute atomic E-state index is 0.223. The monoisotopic (exact) mass is 483 g/mol. The van der Waals surface area contributed by atoms with Gasteiger partial charge in [0, 0.05) is 11.3 Å². The summed E-state index contributed by atoms with van der Waals surface area (Å²) in [6, 6.07) is 21.9. The minimum Gasteiger partial charge on any atom is -0.321 e. The lowest BCUT2D eigenvalue weighted by molar-refractivity contribution is 0.101. The van der Waals surface area contributed by atoms with E-state index in [0.29, 0.717) is 21.3 Å². The van der Waals surface area contributed by atoms with E-state index in [4.69, 9.17) is 0 Å². The molecule has 2 amide bonds. The highest BCUT2D eigenvalue weighted by molar-refractivity contribution is 7.17. The third-order valence-electron chi connectivity index (χ3n) is 5.93. The Bertz CT molecular complexity index is 1350. The van der Waals surface area contributed by atoms with Gasteiger partial charge in [-0.3, -0.25) is 14.9 Å². The first-order valence-electron chi connectivity index (χ1n) is 11.6. The van der Waals surface area contributed by atoms with Gasteiger partial charge in [0.05, 0.1) is 5.69 Å². The molecule has 0 fully saturated rings. The maximum atomic E-state index is 13.1. The number of aryl methyl sites for hydroxylation is 6. The topological polar surface area (TPSA) is 71.1 Å². The quantitative estimate of drug-likeness (QED) is 0.308. The highest BCUT2D eigenvalue weighted by atomic mass is 32.1. The number of amides is 2. The van der Waals surface area contributed by atoms with Crippen molar-refractivity contribution >= 4 is 34.0 Å². The Balaban J connectivity index is 1.48. The summed E-state index contributed by atoms with van der Waals surface area (Å²) in [6.45, 7) is 7.78. The predicted octanol–water partition coefficient (Wildman–Crippen LogP) is 6.67. The van der Waals surface area contributed by atoms with E-state index >= 15 is 0 Å². The number of hydrogen-bond acceptors (Lipinski definition) is 4. The van der Waals surface area contributed by atoms with Crippen molar-refractivity contribution < 1.29 is 9.59 Å². The Morgan fingerprint density at radius 1 is 0.800 bits per heavy atom. The largest absolute Gasteiger partial charge is 0.321 e. The van der Waals surface area contributed by atoms with Crippen LogP contribution in [0.3, 0.4) is 0 Å². The van der Waals surface area contributed by atoms with Gasteiger partial charge in [0.1, 0.15) is 4.88 Å². The molecule has 0 spiro atoms. The normalized spacial score (nSPS) is 10.7. The van der Waals surface area contributed by atoms with Crippen LogP contribution in [0.15, 0.2) is 66.7 Å². The highest BCUT2D eigenvalue weighted by Gasteiger charge is 2.19. The third-order valence-corrected chi connectivity index (χ3v) is 7.00. The van der Waals surface area contributed by atoms with Gasteiger partial charge in [-0.1, -0.05) is 77.6 Å². The van der Waals surface area contributed by atoms with Crippen LogP contribution in [0.4, 0.5) is 10.8 Å². The van der Waals surface area contributed by atoms with Crippen LogP contribution in [-0.2, 0) is 12.8 Å². The van der Waals surface area contributed by atoms with Crippen LogP contribution in [0.2, 0.25) is 0 Å². The first-order chi connectivity index (χ1) is 16.8. The number of anilines is 2. The number of thiazole rings is 1. The Morgan fingerprint density at radius 2 is 1.46 bits per heavy atom. The molecule has 0 aliphatic heterocycles. The molecule has 3 aromatic carbocycles. The summed E-state index contributed by atoms with van der Waals surface area (Å²) >= 11 is 1.19. The zero-order valence-corrected chi connectivity index (χ0v) is 21.3. The lowest BCUT2D eigenvalue weighted by Crippen LogP contribution is -2.14. The van der Waals surface area contributed by atoms with Gasteiger partial charge in [-0.05, 0) is 68.9 Å². The molecule has 4 aromatic rings. The average molecular weight is 484 g/mol. The summed E-state index contributed by atoms with van der Waals surface area (Å²) in [5.74, 6) is -0.446. The second-order valence-electron chi connectivity index (χ2n) is 8.76. The average Bonchev–Trinajstić information content (AvgIpc) is 3.20. The number of benzene rings is 3. The Morgan fingerprint density at radius 3 is 2.17 bits per heavy atom. The molecular formula is C29H29N3O2S. The molecule has 0 bridgehead atoms. The van der Waals surface area contributed by atoms with E-state index < -0.39 is 0 Å². The van der Waals surface area contributed by atoms with Gasteiger partial charge < -0.3 is 5.32 Å². The van der Waals surface area contributed by atoms with Crippen molar-refractivity contribution in [3.8, 4) is 0 Å².